The van der Waals surface area contributed by atoms with Crippen molar-refractivity contribution < 1.29 is 9.84 Å². The summed E-state index contributed by atoms with van der Waals surface area (Å²) < 4.78 is 5.41. The first-order valence-electron chi connectivity index (χ1n) is 5.92. The third-order valence-electron chi connectivity index (χ3n) is 3.22. The van der Waals surface area contributed by atoms with E-state index in [0.29, 0.717) is 6.61 Å². The molecule has 1 aliphatic rings. The fourth-order valence-electron chi connectivity index (χ4n) is 2.33. The fraction of sp³-hybridized carbons (Fsp3) is 0.750. The van der Waals surface area contributed by atoms with Crippen molar-refractivity contribution in [3.8, 4) is 0 Å². The monoisotopic (exact) mass is 256 g/mol. The Morgan fingerprint density at radius 3 is 3.00 bits per heavy atom. The molecule has 0 radical (unpaired) electrons. The summed E-state index contributed by atoms with van der Waals surface area (Å²) >= 11 is 1.68. The van der Waals surface area contributed by atoms with Crippen molar-refractivity contribution in [3.63, 3.8) is 0 Å². The Morgan fingerprint density at radius 1 is 1.65 bits per heavy atom. The number of hydrogen-bond donors (Lipinski definition) is 1. The molecule has 0 aromatic carbocycles. The maximum atomic E-state index is 9.52. The van der Waals surface area contributed by atoms with E-state index in [2.05, 4.69) is 22.3 Å². The lowest BCUT2D eigenvalue weighted by Gasteiger charge is -2.30. The molecule has 0 bridgehead atoms. The van der Waals surface area contributed by atoms with Crippen LogP contribution >= 0.6 is 11.3 Å². The van der Waals surface area contributed by atoms with Crippen LogP contribution in [-0.2, 0) is 11.3 Å². The molecule has 1 saturated heterocycles. The van der Waals surface area contributed by atoms with E-state index >= 15 is 0 Å². The Balaban J connectivity index is 1.90. The minimum Gasteiger partial charge on any atom is -0.396 e. The molecule has 1 unspecified atom stereocenters. The number of ether oxygens (including phenoxy) is 1. The van der Waals surface area contributed by atoms with Crippen LogP contribution in [0, 0.1) is 12.3 Å². The maximum Gasteiger partial charge on any atom is 0.0897 e. The Bertz CT molecular complexity index is 361. The molecular weight excluding hydrogens is 236 g/mol. The SMILES string of the molecule is Cc1nc(CN(C)CC2(CO)CCOC2)cs1. The van der Waals surface area contributed by atoms with Crippen LogP contribution in [0.15, 0.2) is 5.38 Å². The first-order valence-corrected chi connectivity index (χ1v) is 6.80. The molecule has 1 aromatic rings. The first kappa shape index (κ1) is 13.0. The lowest BCUT2D eigenvalue weighted by Crippen LogP contribution is -2.38. The molecule has 1 aromatic heterocycles. The second kappa shape index (κ2) is 5.44. The van der Waals surface area contributed by atoms with Gasteiger partial charge in [-0.3, -0.25) is 4.90 Å². The van der Waals surface area contributed by atoms with Gasteiger partial charge in [-0.25, -0.2) is 4.98 Å². The van der Waals surface area contributed by atoms with Crippen molar-refractivity contribution in [1.82, 2.24) is 9.88 Å². The summed E-state index contributed by atoms with van der Waals surface area (Å²) in [7, 11) is 2.07. The summed E-state index contributed by atoms with van der Waals surface area (Å²) in [5, 5.41) is 12.7. The van der Waals surface area contributed by atoms with Gasteiger partial charge in [-0.15, -0.1) is 11.3 Å². The van der Waals surface area contributed by atoms with E-state index in [4.69, 9.17) is 4.74 Å². The highest BCUT2D eigenvalue weighted by atomic mass is 32.1. The van der Waals surface area contributed by atoms with Gasteiger partial charge < -0.3 is 9.84 Å². The van der Waals surface area contributed by atoms with Crippen molar-refractivity contribution in [3.05, 3.63) is 16.1 Å². The molecule has 1 N–H and O–H groups in total. The molecule has 96 valence electrons. The van der Waals surface area contributed by atoms with Crippen LogP contribution in [0.1, 0.15) is 17.1 Å². The van der Waals surface area contributed by atoms with Crippen LogP contribution in [0.2, 0.25) is 0 Å². The van der Waals surface area contributed by atoms with Gasteiger partial charge in [-0.2, -0.15) is 0 Å². The highest BCUT2D eigenvalue weighted by Crippen LogP contribution is 2.29. The number of rotatable bonds is 5. The average Bonchev–Trinajstić information content (AvgIpc) is 2.89. The van der Waals surface area contributed by atoms with Crippen LogP contribution in [0.3, 0.4) is 0 Å². The third-order valence-corrected chi connectivity index (χ3v) is 4.05. The first-order chi connectivity index (χ1) is 8.13. The third kappa shape index (κ3) is 3.25. The summed E-state index contributed by atoms with van der Waals surface area (Å²) in [6.45, 7) is 5.36. The zero-order chi connectivity index (χ0) is 12.3. The Labute approximate surface area is 106 Å². The lowest BCUT2D eigenvalue weighted by atomic mass is 9.88. The number of aryl methyl sites for hydroxylation is 1. The van der Waals surface area contributed by atoms with Gasteiger partial charge in [0.25, 0.3) is 0 Å². The number of nitrogens with zero attached hydrogens (tertiary/aromatic N) is 2. The second-order valence-electron chi connectivity index (χ2n) is 4.99. The number of aliphatic hydroxyl groups excluding tert-OH is 1. The van der Waals surface area contributed by atoms with E-state index in [-0.39, 0.29) is 12.0 Å². The molecule has 0 spiro atoms. The molecule has 1 fully saturated rings. The van der Waals surface area contributed by atoms with Crippen molar-refractivity contribution >= 4 is 11.3 Å². The molecule has 1 aliphatic heterocycles. The molecule has 2 rings (SSSR count). The van der Waals surface area contributed by atoms with E-state index < -0.39 is 0 Å². The minimum atomic E-state index is -0.0696. The van der Waals surface area contributed by atoms with Gasteiger partial charge in [0.1, 0.15) is 0 Å². The average molecular weight is 256 g/mol. The quantitative estimate of drug-likeness (QED) is 0.862. The normalized spacial score (nSPS) is 24.7. The van der Waals surface area contributed by atoms with E-state index in [1.165, 1.54) is 0 Å². The number of aromatic nitrogens is 1. The van der Waals surface area contributed by atoms with Gasteiger partial charge in [0.05, 0.1) is 23.9 Å². The van der Waals surface area contributed by atoms with Gasteiger partial charge in [-0.1, -0.05) is 0 Å². The smallest absolute Gasteiger partial charge is 0.0897 e. The Morgan fingerprint density at radius 2 is 2.47 bits per heavy atom. The van der Waals surface area contributed by atoms with Crippen molar-refractivity contribution in [2.45, 2.75) is 19.9 Å². The van der Waals surface area contributed by atoms with E-state index in [0.717, 1.165) is 36.8 Å². The van der Waals surface area contributed by atoms with Crippen LogP contribution in [0.25, 0.3) is 0 Å². The summed E-state index contributed by atoms with van der Waals surface area (Å²) in [5.74, 6) is 0. The molecule has 0 saturated carbocycles. The summed E-state index contributed by atoms with van der Waals surface area (Å²) in [4.78, 5) is 6.68. The van der Waals surface area contributed by atoms with E-state index in [1.54, 1.807) is 11.3 Å². The Hall–Kier alpha value is -0.490. The molecule has 0 aliphatic carbocycles. The van der Waals surface area contributed by atoms with Gasteiger partial charge in [0.2, 0.25) is 0 Å². The molecule has 4 nitrogen and oxygen atoms in total. The van der Waals surface area contributed by atoms with Gasteiger partial charge in [-0.05, 0) is 20.4 Å². The largest absolute Gasteiger partial charge is 0.396 e. The van der Waals surface area contributed by atoms with Crippen molar-refractivity contribution in [2.75, 3.05) is 33.4 Å². The topological polar surface area (TPSA) is 45.6 Å². The lowest BCUT2D eigenvalue weighted by molar-refractivity contribution is 0.0622. The molecular formula is C12H20N2O2S. The highest BCUT2D eigenvalue weighted by molar-refractivity contribution is 7.09. The number of aliphatic hydroxyl groups is 1. The summed E-state index contributed by atoms with van der Waals surface area (Å²) in [6.07, 6.45) is 0.948. The summed E-state index contributed by atoms with van der Waals surface area (Å²) in [5.41, 5.74) is 1.04. The molecule has 5 heteroatoms. The number of hydrogen-bond acceptors (Lipinski definition) is 5. The van der Waals surface area contributed by atoms with Crippen LogP contribution in [0.5, 0.6) is 0 Å². The maximum absolute atomic E-state index is 9.52. The highest BCUT2D eigenvalue weighted by Gasteiger charge is 2.35. The van der Waals surface area contributed by atoms with Gasteiger partial charge in [0.15, 0.2) is 0 Å². The zero-order valence-corrected chi connectivity index (χ0v) is 11.3. The molecule has 17 heavy (non-hydrogen) atoms. The predicted octanol–water partition coefficient (Wildman–Crippen LogP) is 1.28. The van der Waals surface area contributed by atoms with Crippen molar-refractivity contribution in [1.29, 1.82) is 0 Å². The standard InChI is InChI=1S/C12H20N2O2S/c1-10-13-11(6-17-10)5-14(2)7-12(8-15)3-4-16-9-12/h6,15H,3-5,7-9H2,1-2H3. The van der Waals surface area contributed by atoms with Crippen LogP contribution in [0.4, 0.5) is 0 Å². The van der Waals surface area contributed by atoms with E-state index in [1.807, 2.05) is 6.92 Å². The predicted molar refractivity (Wildman–Crippen MR) is 68.1 cm³/mol. The molecule has 1 atom stereocenters. The molecule has 2 heterocycles. The second-order valence-corrected chi connectivity index (χ2v) is 6.05. The van der Waals surface area contributed by atoms with Gasteiger partial charge in [0, 0.05) is 30.5 Å². The summed E-state index contributed by atoms with van der Waals surface area (Å²) in [6, 6.07) is 0. The van der Waals surface area contributed by atoms with E-state index in [9.17, 15) is 5.11 Å². The zero-order valence-electron chi connectivity index (χ0n) is 10.5. The van der Waals surface area contributed by atoms with Crippen molar-refractivity contribution in [2.24, 2.45) is 5.41 Å². The van der Waals surface area contributed by atoms with Gasteiger partial charge >= 0.3 is 0 Å². The minimum absolute atomic E-state index is 0.0696. The fourth-order valence-corrected chi connectivity index (χ4v) is 2.94. The number of thiazole rings is 1. The van der Waals surface area contributed by atoms with Crippen LogP contribution in [-0.4, -0.2) is 48.4 Å². The molecule has 0 amide bonds. The van der Waals surface area contributed by atoms with Crippen LogP contribution < -0.4 is 0 Å². The Kier molecular flexibility index (Phi) is 4.14.